The molecule has 1 aliphatic rings. The number of benzene rings is 2. The Hall–Kier alpha value is -2.75. The molecule has 1 saturated heterocycles. The van der Waals surface area contributed by atoms with Gasteiger partial charge in [0.25, 0.3) is 5.91 Å². The van der Waals surface area contributed by atoms with Crippen molar-refractivity contribution in [1.82, 2.24) is 9.29 Å². The number of hydrogen-bond acceptors (Lipinski definition) is 6. The summed E-state index contributed by atoms with van der Waals surface area (Å²) in [5, 5.41) is 15.1. The molecule has 162 valence electrons. The minimum atomic E-state index is -3.66. The molecule has 0 aliphatic carbocycles. The number of thiazole rings is 1. The Morgan fingerprint density at radius 3 is 2.58 bits per heavy atom. The van der Waals surface area contributed by atoms with Crippen LogP contribution in [0.3, 0.4) is 0 Å². The highest BCUT2D eigenvalue weighted by molar-refractivity contribution is 7.89. The fraction of sp³-hybridized carbons (Fsp3) is 0.273. The normalized spacial score (nSPS) is 14.6. The van der Waals surface area contributed by atoms with Crippen molar-refractivity contribution in [2.24, 2.45) is 0 Å². The second kappa shape index (κ2) is 8.41. The zero-order valence-corrected chi connectivity index (χ0v) is 18.9. The van der Waals surface area contributed by atoms with Crippen LogP contribution in [0.15, 0.2) is 46.7 Å². The van der Waals surface area contributed by atoms with Crippen molar-refractivity contribution >= 4 is 33.0 Å². The number of nitrogens with one attached hydrogen (secondary N) is 1. The third kappa shape index (κ3) is 4.34. The van der Waals surface area contributed by atoms with Gasteiger partial charge in [-0.1, -0.05) is 23.8 Å². The predicted molar refractivity (Wildman–Crippen MR) is 121 cm³/mol. The number of aromatic nitrogens is 1. The first-order valence-corrected chi connectivity index (χ1v) is 12.3. The third-order valence-corrected chi connectivity index (χ3v) is 8.04. The molecule has 1 amide bonds. The van der Waals surface area contributed by atoms with Crippen molar-refractivity contribution < 1.29 is 18.3 Å². The first-order valence-electron chi connectivity index (χ1n) is 9.93. The van der Waals surface area contributed by atoms with Crippen LogP contribution in [0.2, 0.25) is 0 Å². The Morgan fingerprint density at radius 2 is 1.87 bits per heavy atom. The summed E-state index contributed by atoms with van der Waals surface area (Å²) in [5.41, 5.74) is 3.41. The molecule has 0 atom stereocenters. The summed E-state index contributed by atoms with van der Waals surface area (Å²) in [6.07, 6.45) is 1.65. The van der Waals surface area contributed by atoms with Gasteiger partial charge in [-0.2, -0.15) is 4.31 Å². The second-order valence-corrected chi connectivity index (χ2v) is 10.4. The zero-order chi connectivity index (χ0) is 22.2. The molecule has 3 aromatic rings. The van der Waals surface area contributed by atoms with Gasteiger partial charge in [0, 0.05) is 24.0 Å². The number of rotatable bonds is 5. The topological polar surface area (TPSA) is 99.6 Å². The van der Waals surface area contributed by atoms with E-state index in [1.54, 1.807) is 5.38 Å². The first-order chi connectivity index (χ1) is 14.8. The van der Waals surface area contributed by atoms with E-state index in [1.807, 2.05) is 26.0 Å². The molecule has 4 rings (SSSR count). The van der Waals surface area contributed by atoms with Crippen molar-refractivity contribution in [2.45, 2.75) is 31.6 Å². The lowest BCUT2D eigenvalue weighted by Gasteiger charge is -2.16. The van der Waals surface area contributed by atoms with Crippen LogP contribution in [-0.4, -0.2) is 41.8 Å². The van der Waals surface area contributed by atoms with Crippen LogP contribution in [-0.2, 0) is 10.0 Å². The molecule has 1 fully saturated rings. The van der Waals surface area contributed by atoms with E-state index in [9.17, 15) is 18.3 Å². The summed E-state index contributed by atoms with van der Waals surface area (Å²) in [6, 6.07) is 9.94. The van der Waals surface area contributed by atoms with Gasteiger partial charge in [-0.3, -0.25) is 4.79 Å². The van der Waals surface area contributed by atoms with Crippen molar-refractivity contribution in [3.8, 4) is 16.3 Å². The predicted octanol–water partition coefficient (Wildman–Crippen LogP) is 4.17. The highest BCUT2D eigenvalue weighted by atomic mass is 32.2. The minimum Gasteiger partial charge on any atom is -0.506 e. The standard InChI is InChI=1S/C22H23N3O4S2/c1-14-5-7-17(15(2)11-14)22-24-19(13-30-22)21(27)23-18-12-16(6-8-20(18)26)31(28,29)25-9-3-4-10-25/h5-8,11-13,26H,3-4,9-10H2,1-2H3,(H,23,27). The fourth-order valence-corrected chi connectivity index (χ4v) is 6.03. The molecule has 31 heavy (non-hydrogen) atoms. The SMILES string of the molecule is Cc1ccc(-c2nc(C(=O)Nc3cc(S(=O)(=O)N4CCCC4)ccc3O)cs2)c(C)c1. The summed E-state index contributed by atoms with van der Waals surface area (Å²) in [4.78, 5) is 17.2. The molecule has 7 nitrogen and oxygen atoms in total. The van der Waals surface area contributed by atoms with Crippen LogP contribution in [0.4, 0.5) is 5.69 Å². The van der Waals surface area contributed by atoms with E-state index in [4.69, 9.17) is 0 Å². The Morgan fingerprint density at radius 1 is 1.13 bits per heavy atom. The number of anilines is 1. The number of hydrogen-bond donors (Lipinski definition) is 2. The van der Waals surface area contributed by atoms with Gasteiger partial charge in [-0.15, -0.1) is 11.3 Å². The maximum Gasteiger partial charge on any atom is 0.275 e. The van der Waals surface area contributed by atoms with Crippen LogP contribution in [0.25, 0.3) is 10.6 Å². The molecule has 0 unspecified atom stereocenters. The zero-order valence-electron chi connectivity index (χ0n) is 17.3. The monoisotopic (exact) mass is 457 g/mol. The number of sulfonamides is 1. The Bertz CT molecular complexity index is 1250. The highest BCUT2D eigenvalue weighted by Gasteiger charge is 2.28. The quantitative estimate of drug-likeness (QED) is 0.560. The molecule has 1 aliphatic heterocycles. The molecular formula is C22H23N3O4S2. The molecule has 1 aromatic heterocycles. The molecular weight excluding hydrogens is 434 g/mol. The summed E-state index contributed by atoms with van der Waals surface area (Å²) in [5.74, 6) is -0.725. The molecule has 2 heterocycles. The minimum absolute atomic E-state index is 0.0336. The average Bonchev–Trinajstić information content (AvgIpc) is 3.42. The van der Waals surface area contributed by atoms with Gasteiger partial charge < -0.3 is 10.4 Å². The molecule has 0 spiro atoms. The van der Waals surface area contributed by atoms with Gasteiger partial charge in [0.05, 0.1) is 10.6 Å². The summed E-state index contributed by atoms with van der Waals surface area (Å²) >= 11 is 1.35. The maximum atomic E-state index is 12.8. The van der Waals surface area contributed by atoms with Crippen LogP contribution >= 0.6 is 11.3 Å². The second-order valence-electron chi connectivity index (χ2n) is 7.60. The van der Waals surface area contributed by atoms with Crippen LogP contribution < -0.4 is 5.32 Å². The van der Waals surface area contributed by atoms with Crippen molar-refractivity contribution in [1.29, 1.82) is 0 Å². The van der Waals surface area contributed by atoms with Gasteiger partial charge in [0.15, 0.2) is 0 Å². The maximum absolute atomic E-state index is 12.8. The largest absolute Gasteiger partial charge is 0.506 e. The number of phenols is 1. The molecule has 2 aromatic carbocycles. The van der Waals surface area contributed by atoms with E-state index < -0.39 is 15.9 Å². The lowest BCUT2D eigenvalue weighted by molar-refractivity contribution is 0.102. The number of amides is 1. The van der Waals surface area contributed by atoms with Gasteiger partial charge in [-0.05, 0) is 50.5 Å². The molecule has 0 saturated carbocycles. The van der Waals surface area contributed by atoms with E-state index in [0.717, 1.165) is 34.5 Å². The molecule has 2 N–H and O–H groups in total. The van der Waals surface area contributed by atoms with Gasteiger partial charge in [0.2, 0.25) is 10.0 Å². The van der Waals surface area contributed by atoms with Crippen molar-refractivity contribution in [3.05, 3.63) is 58.6 Å². The van der Waals surface area contributed by atoms with E-state index in [2.05, 4.69) is 16.4 Å². The summed E-state index contributed by atoms with van der Waals surface area (Å²) in [6.45, 7) is 4.96. The number of carbonyl (C=O) groups excluding carboxylic acids is 1. The number of carbonyl (C=O) groups is 1. The molecule has 0 bridgehead atoms. The lowest BCUT2D eigenvalue weighted by Crippen LogP contribution is -2.28. The van der Waals surface area contributed by atoms with Crippen molar-refractivity contribution in [3.63, 3.8) is 0 Å². The van der Waals surface area contributed by atoms with E-state index in [1.165, 1.54) is 33.8 Å². The van der Waals surface area contributed by atoms with Crippen molar-refractivity contribution in [2.75, 3.05) is 18.4 Å². The number of nitrogens with zero attached hydrogens (tertiary/aromatic N) is 2. The molecule has 0 radical (unpaired) electrons. The molecule has 9 heteroatoms. The summed E-state index contributed by atoms with van der Waals surface area (Å²) < 4.78 is 27.0. The van der Waals surface area contributed by atoms with E-state index in [0.29, 0.717) is 13.1 Å². The van der Waals surface area contributed by atoms with E-state index >= 15 is 0 Å². The van der Waals surface area contributed by atoms with Gasteiger partial charge in [-0.25, -0.2) is 13.4 Å². The fourth-order valence-electron chi connectivity index (χ4n) is 3.59. The number of aromatic hydroxyl groups is 1. The Balaban J connectivity index is 1.57. The number of aryl methyl sites for hydroxylation is 2. The third-order valence-electron chi connectivity index (χ3n) is 5.27. The van der Waals surface area contributed by atoms with E-state index in [-0.39, 0.29) is 22.0 Å². The van der Waals surface area contributed by atoms with Crippen LogP contribution in [0, 0.1) is 13.8 Å². The summed E-state index contributed by atoms with van der Waals surface area (Å²) in [7, 11) is -3.66. The van der Waals surface area contributed by atoms with Gasteiger partial charge >= 0.3 is 0 Å². The smallest absolute Gasteiger partial charge is 0.275 e. The average molecular weight is 458 g/mol. The highest BCUT2D eigenvalue weighted by Crippen LogP contribution is 2.31. The lowest BCUT2D eigenvalue weighted by atomic mass is 10.1. The van der Waals surface area contributed by atoms with Gasteiger partial charge in [0.1, 0.15) is 16.5 Å². The Kier molecular flexibility index (Phi) is 5.83. The number of phenolic OH excluding ortho intramolecular Hbond substituents is 1. The Labute approximate surface area is 185 Å². The first kappa shape index (κ1) is 21.5. The van der Waals surface area contributed by atoms with Crippen LogP contribution in [0.5, 0.6) is 5.75 Å². The van der Waals surface area contributed by atoms with Crippen LogP contribution in [0.1, 0.15) is 34.5 Å².